The predicted molar refractivity (Wildman–Crippen MR) is 78.1 cm³/mol. The van der Waals surface area contributed by atoms with Crippen molar-refractivity contribution in [1.29, 1.82) is 0 Å². The maximum atomic E-state index is 11.4. The minimum Gasteiger partial charge on any atom is -0.478 e. The van der Waals surface area contributed by atoms with Crippen molar-refractivity contribution in [3.05, 3.63) is 64.7 Å². The fraction of sp³-hybridized carbons (Fsp3) is 0.235. The van der Waals surface area contributed by atoms with E-state index in [4.69, 9.17) is 4.74 Å². The van der Waals surface area contributed by atoms with Crippen LogP contribution < -0.4 is 4.74 Å². The SMILES string of the molecule is Cc1cc(C)c(OC(C(=O)O)c2ccccc2)cc1C. The van der Waals surface area contributed by atoms with E-state index in [0.29, 0.717) is 11.3 Å². The van der Waals surface area contributed by atoms with Crippen molar-refractivity contribution in [1.82, 2.24) is 0 Å². The van der Waals surface area contributed by atoms with E-state index in [1.807, 2.05) is 51.1 Å². The Balaban J connectivity index is 2.35. The summed E-state index contributed by atoms with van der Waals surface area (Å²) in [6.07, 6.45) is -0.989. The summed E-state index contributed by atoms with van der Waals surface area (Å²) in [6, 6.07) is 12.9. The zero-order chi connectivity index (χ0) is 14.7. The van der Waals surface area contributed by atoms with Crippen molar-refractivity contribution in [2.75, 3.05) is 0 Å². The molecule has 3 nitrogen and oxygen atoms in total. The summed E-state index contributed by atoms with van der Waals surface area (Å²) in [4.78, 5) is 11.4. The quantitative estimate of drug-likeness (QED) is 0.918. The Labute approximate surface area is 118 Å². The highest BCUT2D eigenvalue weighted by Gasteiger charge is 2.22. The summed E-state index contributed by atoms with van der Waals surface area (Å²) in [5.74, 6) is -0.377. The highest BCUT2D eigenvalue weighted by molar-refractivity contribution is 5.75. The molecule has 0 fully saturated rings. The lowest BCUT2D eigenvalue weighted by molar-refractivity contribution is -0.145. The molecule has 0 heterocycles. The van der Waals surface area contributed by atoms with Gasteiger partial charge in [0.1, 0.15) is 5.75 Å². The second-order valence-corrected chi connectivity index (χ2v) is 4.95. The Hall–Kier alpha value is -2.29. The molecule has 2 rings (SSSR count). The average molecular weight is 270 g/mol. The van der Waals surface area contributed by atoms with Gasteiger partial charge in [-0.25, -0.2) is 4.79 Å². The van der Waals surface area contributed by atoms with Gasteiger partial charge in [-0.1, -0.05) is 36.4 Å². The minimum absolute atomic E-state index is 0.615. The van der Waals surface area contributed by atoms with Gasteiger partial charge in [0.2, 0.25) is 6.10 Å². The molecule has 3 heteroatoms. The van der Waals surface area contributed by atoms with Gasteiger partial charge in [-0.2, -0.15) is 0 Å². The van der Waals surface area contributed by atoms with Crippen LogP contribution in [0.15, 0.2) is 42.5 Å². The lowest BCUT2D eigenvalue weighted by atomic mass is 10.1. The molecule has 0 aliphatic heterocycles. The Morgan fingerprint density at radius 2 is 1.60 bits per heavy atom. The number of hydrogen-bond donors (Lipinski definition) is 1. The van der Waals surface area contributed by atoms with Gasteiger partial charge in [0.25, 0.3) is 0 Å². The molecule has 20 heavy (non-hydrogen) atoms. The van der Waals surface area contributed by atoms with E-state index >= 15 is 0 Å². The summed E-state index contributed by atoms with van der Waals surface area (Å²) < 4.78 is 5.73. The molecule has 0 aliphatic carbocycles. The zero-order valence-corrected chi connectivity index (χ0v) is 11.9. The summed E-state index contributed by atoms with van der Waals surface area (Å²) in [7, 11) is 0. The monoisotopic (exact) mass is 270 g/mol. The normalized spacial score (nSPS) is 11.9. The van der Waals surface area contributed by atoms with Crippen molar-refractivity contribution < 1.29 is 14.6 Å². The largest absolute Gasteiger partial charge is 0.478 e. The number of benzene rings is 2. The lowest BCUT2D eigenvalue weighted by Gasteiger charge is -2.18. The molecule has 1 unspecified atom stereocenters. The molecule has 0 bridgehead atoms. The molecule has 1 N–H and O–H groups in total. The third-order valence-corrected chi connectivity index (χ3v) is 3.36. The summed E-state index contributed by atoms with van der Waals surface area (Å²) in [5.41, 5.74) is 3.83. The van der Waals surface area contributed by atoms with Crippen molar-refractivity contribution in [3.63, 3.8) is 0 Å². The predicted octanol–water partition coefficient (Wildman–Crippen LogP) is 3.82. The van der Waals surface area contributed by atoms with Gasteiger partial charge >= 0.3 is 5.97 Å². The molecule has 0 radical (unpaired) electrons. The van der Waals surface area contributed by atoms with Gasteiger partial charge in [0.15, 0.2) is 0 Å². The van der Waals surface area contributed by atoms with Crippen molar-refractivity contribution in [2.24, 2.45) is 0 Å². The number of carbonyl (C=O) groups is 1. The van der Waals surface area contributed by atoms with E-state index in [1.54, 1.807) is 12.1 Å². The highest BCUT2D eigenvalue weighted by atomic mass is 16.5. The van der Waals surface area contributed by atoms with E-state index < -0.39 is 12.1 Å². The second kappa shape index (κ2) is 5.78. The van der Waals surface area contributed by atoms with Crippen LogP contribution in [0.3, 0.4) is 0 Å². The van der Waals surface area contributed by atoms with E-state index in [-0.39, 0.29) is 0 Å². The molecular formula is C17H18O3. The third-order valence-electron chi connectivity index (χ3n) is 3.36. The molecule has 104 valence electrons. The van der Waals surface area contributed by atoms with Gasteiger partial charge in [-0.05, 0) is 43.5 Å². The molecule has 0 aliphatic rings. The maximum absolute atomic E-state index is 11.4. The topological polar surface area (TPSA) is 46.5 Å². The molecule has 2 aromatic carbocycles. The number of hydrogen-bond acceptors (Lipinski definition) is 2. The molecular weight excluding hydrogens is 252 g/mol. The van der Waals surface area contributed by atoms with Gasteiger partial charge in [-0.15, -0.1) is 0 Å². The van der Waals surface area contributed by atoms with Gasteiger partial charge < -0.3 is 9.84 Å². The lowest BCUT2D eigenvalue weighted by Crippen LogP contribution is -2.18. The Kier molecular flexibility index (Phi) is 4.08. The highest BCUT2D eigenvalue weighted by Crippen LogP contribution is 2.28. The van der Waals surface area contributed by atoms with Crippen LogP contribution in [0.4, 0.5) is 0 Å². The van der Waals surface area contributed by atoms with Crippen LogP contribution in [-0.2, 0) is 4.79 Å². The summed E-state index contributed by atoms with van der Waals surface area (Å²) in [6.45, 7) is 5.93. The van der Waals surface area contributed by atoms with Crippen LogP contribution in [0.25, 0.3) is 0 Å². The van der Waals surface area contributed by atoms with E-state index in [1.165, 1.54) is 5.56 Å². The Bertz CT molecular complexity index is 618. The number of carboxylic acids is 1. The summed E-state index contributed by atoms with van der Waals surface area (Å²) in [5, 5.41) is 9.38. The van der Waals surface area contributed by atoms with Crippen molar-refractivity contribution in [2.45, 2.75) is 26.9 Å². The number of rotatable bonds is 4. The molecule has 2 aromatic rings. The number of aliphatic carboxylic acids is 1. The van der Waals surface area contributed by atoms with Crippen LogP contribution in [0.2, 0.25) is 0 Å². The fourth-order valence-corrected chi connectivity index (χ4v) is 2.08. The molecule has 1 atom stereocenters. The van der Waals surface area contributed by atoms with Gasteiger partial charge in [0.05, 0.1) is 0 Å². The third kappa shape index (κ3) is 2.99. The molecule has 0 saturated carbocycles. The van der Waals surface area contributed by atoms with Crippen molar-refractivity contribution >= 4 is 5.97 Å². The van der Waals surface area contributed by atoms with Crippen LogP contribution in [0.5, 0.6) is 5.75 Å². The van der Waals surface area contributed by atoms with Crippen LogP contribution in [0.1, 0.15) is 28.4 Å². The Morgan fingerprint density at radius 3 is 2.20 bits per heavy atom. The van der Waals surface area contributed by atoms with Crippen LogP contribution >= 0.6 is 0 Å². The first-order chi connectivity index (χ1) is 9.49. The number of carboxylic acid groups (broad SMARTS) is 1. The zero-order valence-electron chi connectivity index (χ0n) is 11.9. The van der Waals surface area contributed by atoms with Crippen molar-refractivity contribution in [3.8, 4) is 5.75 Å². The molecule has 0 aromatic heterocycles. The number of ether oxygens (including phenoxy) is 1. The maximum Gasteiger partial charge on any atom is 0.349 e. The van der Waals surface area contributed by atoms with E-state index in [2.05, 4.69) is 0 Å². The first kappa shape index (κ1) is 14.1. The van der Waals surface area contributed by atoms with Gasteiger partial charge in [0, 0.05) is 5.56 Å². The van der Waals surface area contributed by atoms with Crippen LogP contribution in [-0.4, -0.2) is 11.1 Å². The van der Waals surface area contributed by atoms with Gasteiger partial charge in [-0.3, -0.25) is 0 Å². The molecule has 0 amide bonds. The standard InChI is InChI=1S/C17H18O3/c1-11-9-13(3)15(10-12(11)2)20-16(17(18)19)14-7-5-4-6-8-14/h4-10,16H,1-3H3,(H,18,19). The number of aryl methyl sites for hydroxylation is 3. The molecule has 0 saturated heterocycles. The first-order valence-corrected chi connectivity index (χ1v) is 6.51. The Morgan fingerprint density at radius 1 is 1.00 bits per heavy atom. The second-order valence-electron chi connectivity index (χ2n) is 4.95. The summed E-state index contributed by atoms with van der Waals surface area (Å²) >= 11 is 0. The smallest absolute Gasteiger partial charge is 0.349 e. The fourth-order valence-electron chi connectivity index (χ4n) is 2.08. The van der Waals surface area contributed by atoms with E-state index in [0.717, 1.165) is 11.1 Å². The van der Waals surface area contributed by atoms with E-state index in [9.17, 15) is 9.90 Å². The molecule has 0 spiro atoms. The average Bonchev–Trinajstić information content (AvgIpc) is 2.42. The first-order valence-electron chi connectivity index (χ1n) is 6.51. The van der Waals surface area contributed by atoms with Crippen LogP contribution in [0, 0.1) is 20.8 Å². The minimum atomic E-state index is -0.992.